The van der Waals surface area contributed by atoms with Gasteiger partial charge in [-0.25, -0.2) is 4.98 Å². The van der Waals surface area contributed by atoms with Gasteiger partial charge in [0.25, 0.3) is 0 Å². The molecule has 3 nitrogen and oxygen atoms in total. The van der Waals surface area contributed by atoms with E-state index in [0.29, 0.717) is 17.7 Å². The Morgan fingerprint density at radius 1 is 1.31 bits per heavy atom. The third-order valence-corrected chi connectivity index (χ3v) is 2.78. The van der Waals surface area contributed by atoms with Crippen molar-refractivity contribution in [1.29, 1.82) is 0 Å². The highest BCUT2D eigenvalue weighted by molar-refractivity contribution is 5.34. The van der Waals surface area contributed by atoms with E-state index in [1.807, 2.05) is 6.92 Å². The van der Waals surface area contributed by atoms with Crippen molar-refractivity contribution in [2.75, 3.05) is 5.73 Å². The highest BCUT2D eigenvalue weighted by Crippen LogP contribution is 2.34. The SMILES string of the molecule is Cc1nc(C2CCCCC2)c(N)o1. The lowest BCUT2D eigenvalue weighted by Crippen LogP contribution is -2.06. The van der Waals surface area contributed by atoms with Crippen LogP contribution in [0.5, 0.6) is 0 Å². The Morgan fingerprint density at radius 3 is 2.54 bits per heavy atom. The molecule has 3 heteroatoms. The van der Waals surface area contributed by atoms with Gasteiger partial charge in [-0.2, -0.15) is 0 Å². The first-order chi connectivity index (χ1) is 6.27. The highest BCUT2D eigenvalue weighted by atomic mass is 16.4. The summed E-state index contributed by atoms with van der Waals surface area (Å²) in [7, 11) is 0. The van der Waals surface area contributed by atoms with Crippen LogP contribution in [0.25, 0.3) is 0 Å². The Labute approximate surface area is 78.3 Å². The van der Waals surface area contributed by atoms with E-state index in [9.17, 15) is 0 Å². The minimum atomic E-state index is 0.532. The monoisotopic (exact) mass is 180 g/mol. The van der Waals surface area contributed by atoms with E-state index in [4.69, 9.17) is 10.2 Å². The molecule has 1 aliphatic rings. The Hall–Kier alpha value is -0.990. The number of hydrogen-bond donors (Lipinski definition) is 1. The van der Waals surface area contributed by atoms with Gasteiger partial charge in [-0.05, 0) is 12.8 Å². The van der Waals surface area contributed by atoms with E-state index in [-0.39, 0.29) is 0 Å². The number of nitrogens with zero attached hydrogens (tertiary/aromatic N) is 1. The molecule has 1 saturated carbocycles. The number of nitrogen functional groups attached to an aromatic ring is 1. The van der Waals surface area contributed by atoms with E-state index in [1.54, 1.807) is 0 Å². The number of aryl methyl sites for hydroxylation is 1. The van der Waals surface area contributed by atoms with Crippen LogP contribution in [0.3, 0.4) is 0 Å². The van der Waals surface area contributed by atoms with Gasteiger partial charge in [-0.15, -0.1) is 0 Å². The fourth-order valence-corrected chi connectivity index (χ4v) is 2.13. The number of aromatic nitrogens is 1. The Kier molecular flexibility index (Phi) is 2.25. The minimum Gasteiger partial charge on any atom is -0.426 e. The standard InChI is InChI=1S/C10H16N2O/c1-7-12-9(10(11)13-7)8-5-3-2-4-6-8/h8H,2-6,11H2,1H3. The molecule has 0 atom stereocenters. The van der Waals surface area contributed by atoms with Gasteiger partial charge in [-0.1, -0.05) is 19.3 Å². The first-order valence-electron chi connectivity index (χ1n) is 5.00. The van der Waals surface area contributed by atoms with Crippen LogP contribution in [-0.2, 0) is 0 Å². The summed E-state index contributed by atoms with van der Waals surface area (Å²) >= 11 is 0. The van der Waals surface area contributed by atoms with Crippen molar-refractivity contribution >= 4 is 5.88 Å². The first-order valence-corrected chi connectivity index (χ1v) is 5.00. The van der Waals surface area contributed by atoms with Crippen molar-refractivity contribution in [3.63, 3.8) is 0 Å². The molecule has 1 heterocycles. The summed E-state index contributed by atoms with van der Waals surface area (Å²) in [6.45, 7) is 1.85. The fraction of sp³-hybridized carbons (Fsp3) is 0.700. The molecule has 13 heavy (non-hydrogen) atoms. The molecular formula is C10H16N2O. The zero-order chi connectivity index (χ0) is 9.26. The van der Waals surface area contributed by atoms with Crippen LogP contribution in [0, 0.1) is 6.92 Å². The summed E-state index contributed by atoms with van der Waals surface area (Å²) in [5, 5.41) is 0. The molecule has 0 unspecified atom stereocenters. The van der Waals surface area contributed by atoms with Crippen LogP contribution in [0.4, 0.5) is 5.88 Å². The van der Waals surface area contributed by atoms with Gasteiger partial charge >= 0.3 is 0 Å². The van der Waals surface area contributed by atoms with Gasteiger partial charge in [0.15, 0.2) is 5.89 Å². The fourth-order valence-electron chi connectivity index (χ4n) is 2.13. The third-order valence-electron chi connectivity index (χ3n) is 2.78. The lowest BCUT2D eigenvalue weighted by molar-refractivity contribution is 0.437. The molecule has 72 valence electrons. The average Bonchev–Trinajstić information content (AvgIpc) is 2.47. The van der Waals surface area contributed by atoms with Crippen LogP contribution in [0.2, 0.25) is 0 Å². The maximum atomic E-state index is 5.74. The summed E-state index contributed by atoms with van der Waals surface area (Å²) in [5.41, 5.74) is 6.74. The van der Waals surface area contributed by atoms with Crippen molar-refractivity contribution in [3.05, 3.63) is 11.6 Å². The smallest absolute Gasteiger partial charge is 0.214 e. The number of rotatable bonds is 1. The number of anilines is 1. The van der Waals surface area contributed by atoms with Crippen molar-refractivity contribution in [1.82, 2.24) is 4.98 Å². The zero-order valence-corrected chi connectivity index (χ0v) is 8.05. The van der Waals surface area contributed by atoms with Crippen LogP contribution in [0.15, 0.2) is 4.42 Å². The quantitative estimate of drug-likeness (QED) is 0.722. The largest absolute Gasteiger partial charge is 0.426 e. The second kappa shape index (κ2) is 3.40. The van der Waals surface area contributed by atoms with Gasteiger partial charge < -0.3 is 10.2 Å². The summed E-state index contributed by atoms with van der Waals surface area (Å²) in [4.78, 5) is 4.34. The second-order valence-electron chi connectivity index (χ2n) is 3.82. The number of hydrogen-bond acceptors (Lipinski definition) is 3. The van der Waals surface area contributed by atoms with Gasteiger partial charge in [-0.3, -0.25) is 0 Å². The molecule has 0 bridgehead atoms. The molecule has 2 rings (SSSR count). The number of oxazole rings is 1. The van der Waals surface area contributed by atoms with Gasteiger partial charge in [0.2, 0.25) is 5.88 Å². The molecule has 0 spiro atoms. The molecular weight excluding hydrogens is 164 g/mol. The van der Waals surface area contributed by atoms with E-state index in [1.165, 1.54) is 32.1 Å². The molecule has 0 amide bonds. The summed E-state index contributed by atoms with van der Waals surface area (Å²) in [5.74, 6) is 1.77. The molecule has 1 aromatic rings. The van der Waals surface area contributed by atoms with Crippen molar-refractivity contribution in [3.8, 4) is 0 Å². The Balaban J connectivity index is 2.18. The van der Waals surface area contributed by atoms with E-state index < -0.39 is 0 Å². The van der Waals surface area contributed by atoms with Crippen molar-refractivity contribution in [2.24, 2.45) is 0 Å². The predicted octanol–water partition coefficient (Wildman–Crippen LogP) is 2.61. The summed E-state index contributed by atoms with van der Waals surface area (Å²) < 4.78 is 5.23. The molecule has 1 aliphatic carbocycles. The normalized spacial score (nSPS) is 19.2. The summed E-state index contributed by atoms with van der Waals surface area (Å²) in [6.07, 6.45) is 6.39. The van der Waals surface area contributed by atoms with Gasteiger partial charge in [0, 0.05) is 12.8 Å². The minimum absolute atomic E-state index is 0.532. The maximum absolute atomic E-state index is 5.74. The van der Waals surface area contributed by atoms with Gasteiger partial charge in [0.1, 0.15) is 5.69 Å². The zero-order valence-electron chi connectivity index (χ0n) is 8.05. The predicted molar refractivity (Wildman–Crippen MR) is 51.5 cm³/mol. The molecule has 2 N–H and O–H groups in total. The van der Waals surface area contributed by atoms with E-state index in [0.717, 1.165) is 5.69 Å². The van der Waals surface area contributed by atoms with Gasteiger partial charge in [0.05, 0.1) is 0 Å². The van der Waals surface area contributed by atoms with Crippen LogP contribution < -0.4 is 5.73 Å². The van der Waals surface area contributed by atoms with Crippen molar-refractivity contribution < 1.29 is 4.42 Å². The topological polar surface area (TPSA) is 52.0 Å². The van der Waals surface area contributed by atoms with E-state index >= 15 is 0 Å². The Bertz CT molecular complexity index is 287. The van der Waals surface area contributed by atoms with Crippen molar-refractivity contribution in [2.45, 2.75) is 44.9 Å². The third kappa shape index (κ3) is 1.69. The lowest BCUT2D eigenvalue weighted by Gasteiger charge is -2.19. The molecule has 0 saturated heterocycles. The second-order valence-corrected chi connectivity index (χ2v) is 3.82. The molecule has 0 radical (unpaired) electrons. The van der Waals surface area contributed by atoms with E-state index in [2.05, 4.69) is 4.98 Å². The molecule has 1 fully saturated rings. The highest BCUT2D eigenvalue weighted by Gasteiger charge is 2.21. The lowest BCUT2D eigenvalue weighted by atomic mass is 9.87. The van der Waals surface area contributed by atoms with Crippen LogP contribution >= 0.6 is 0 Å². The summed E-state index contributed by atoms with van der Waals surface area (Å²) in [6, 6.07) is 0. The van der Waals surface area contributed by atoms with Crippen LogP contribution in [-0.4, -0.2) is 4.98 Å². The molecule has 0 aliphatic heterocycles. The number of nitrogens with two attached hydrogens (primary N) is 1. The first kappa shape index (κ1) is 8.60. The maximum Gasteiger partial charge on any atom is 0.214 e. The van der Waals surface area contributed by atoms with Crippen LogP contribution in [0.1, 0.15) is 49.6 Å². The molecule has 1 aromatic heterocycles. The average molecular weight is 180 g/mol. The molecule has 0 aromatic carbocycles. The Morgan fingerprint density at radius 2 is 2.00 bits per heavy atom.